The van der Waals surface area contributed by atoms with Gasteiger partial charge in [0.15, 0.2) is 5.96 Å². The summed E-state index contributed by atoms with van der Waals surface area (Å²) >= 11 is 0. The number of amides is 1. The van der Waals surface area contributed by atoms with Crippen molar-refractivity contribution in [3.63, 3.8) is 0 Å². The van der Waals surface area contributed by atoms with Crippen LogP contribution in [0.25, 0.3) is 0 Å². The van der Waals surface area contributed by atoms with Gasteiger partial charge in [-0.2, -0.15) is 0 Å². The van der Waals surface area contributed by atoms with Crippen molar-refractivity contribution in [1.29, 1.82) is 0 Å². The summed E-state index contributed by atoms with van der Waals surface area (Å²) in [5, 5.41) is 0. The topological polar surface area (TPSA) is 71.2 Å². The lowest BCUT2D eigenvalue weighted by Crippen LogP contribution is -2.48. The molecular weight excluding hydrogens is 419 g/mol. The Kier molecular flexibility index (Phi) is 6.85. The summed E-state index contributed by atoms with van der Waals surface area (Å²) in [7, 11) is 0. The van der Waals surface area contributed by atoms with E-state index in [9.17, 15) is 4.79 Å². The van der Waals surface area contributed by atoms with Gasteiger partial charge in [-0.1, -0.05) is 24.3 Å². The molecular formula is C17H25IN4O2. The molecule has 0 saturated carbocycles. The average Bonchev–Trinajstić information content (AvgIpc) is 2.59. The summed E-state index contributed by atoms with van der Waals surface area (Å²) < 4.78 is 5.48. The van der Waals surface area contributed by atoms with Gasteiger partial charge in [0.05, 0.1) is 12.7 Å². The summed E-state index contributed by atoms with van der Waals surface area (Å²) in [4.78, 5) is 20.5. The fraction of sp³-hybridized carbons (Fsp3) is 0.529. The summed E-state index contributed by atoms with van der Waals surface area (Å²) in [6.07, 6.45) is 1.05. The zero-order chi connectivity index (χ0) is 16.2. The van der Waals surface area contributed by atoms with Crippen LogP contribution in [0.15, 0.2) is 29.3 Å². The number of morpholine rings is 1. The van der Waals surface area contributed by atoms with Gasteiger partial charge < -0.3 is 20.3 Å². The molecule has 6 nitrogen and oxygen atoms in total. The highest BCUT2D eigenvalue weighted by molar-refractivity contribution is 14.0. The minimum atomic E-state index is 0. The van der Waals surface area contributed by atoms with Gasteiger partial charge in [0.1, 0.15) is 6.54 Å². The number of carbonyl (C=O) groups excluding carboxylic acids is 1. The Morgan fingerprint density at radius 2 is 2.04 bits per heavy atom. The predicted molar refractivity (Wildman–Crippen MR) is 104 cm³/mol. The zero-order valence-electron chi connectivity index (χ0n) is 14.0. The second-order valence-corrected chi connectivity index (χ2v) is 6.14. The van der Waals surface area contributed by atoms with E-state index in [1.54, 1.807) is 0 Å². The molecule has 24 heavy (non-hydrogen) atoms. The highest BCUT2D eigenvalue weighted by Gasteiger charge is 2.21. The maximum atomic E-state index is 12.4. The lowest BCUT2D eigenvalue weighted by atomic mass is 10.00. The summed E-state index contributed by atoms with van der Waals surface area (Å²) in [5.41, 5.74) is 8.58. The third-order valence-corrected chi connectivity index (χ3v) is 4.42. The highest BCUT2D eigenvalue weighted by atomic mass is 127. The van der Waals surface area contributed by atoms with Crippen LogP contribution in [0.1, 0.15) is 18.1 Å². The first-order chi connectivity index (χ1) is 11.1. The maximum absolute atomic E-state index is 12.4. The number of nitrogens with two attached hydrogens (primary N) is 1. The minimum Gasteiger partial charge on any atom is -0.375 e. The zero-order valence-corrected chi connectivity index (χ0v) is 16.3. The Morgan fingerprint density at radius 1 is 1.29 bits per heavy atom. The normalized spacial score (nSPS) is 21.0. The Bertz CT molecular complexity index is 608. The molecule has 1 unspecified atom stereocenters. The number of halogens is 1. The smallest absolute Gasteiger partial charge is 0.244 e. The van der Waals surface area contributed by atoms with Crippen molar-refractivity contribution in [1.82, 2.24) is 9.80 Å². The van der Waals surface area contributed by atoms with Gasteiger partial charge in [-0.15, -0.1) is 24.0 Å². The van der Waals surface area contributed by atoms with Crippen molar-refractivity contribution in [2.45, 2.75) is 26.0 Å². The number of ether oxygens (including phenoxy) is 1. The number of hydrogen-bond acceptors (Lipinski definition) is 3. The van der Waals surface area contributed by atoms with E-state index in [0.717, 1.165) is 26.1 Å². The van der Waals surface area contributed by atoms with E-state index in [-0.39, 0.29) is 42.5 Å². The molecule has 1 aromatic rings. The van der Waals surface area contributed by atoms with Gasteiger partial charge in [0, 0.05) is 26.2 Å². The van der Waals surface area contributed by atoms with E-state index in [0.29, 0.717) is 19.1 Å². The Morgan fingerprint density at radius 3 is 2.79 bits per heavy atom. The molecule has 0 radical (unpaired) electrons. The molecule has 7 heteroatoms. The van der Waals surface area contributed by atoms with E-state index in [1.165, 1.54) is 11.1 Å². The van der Waals surface area contributed by atoms with Crippen molar-refractivity contribution >= 4 is 35.8 Å². The minimum absolute atomic E-state index is 0. The largest absolute Gasteiger partial charge is 0.375 e. The second-order valence-electron chi connectivity index (χ2n) is 6.14. The van der Waals surface area contributed by atoms with Crippen LogP contribution in [0.3, 0.4) is 0 Å². The molecule has 0 aromatic heterocycles. The molecule has 2 aliphatic rings. The summed E-state index contributed by atoms with van der Waals surface area (Å²) in [6, 6.07) is 8.28. The van der Waals surface area contributed by atoms with Crippen molar-refractivity contribution in [2.24, 2.45) is 10.7 Å². The van der Waals surface area contributed by atoms with Crippen LogP contribution in [0.2, 0.25) is 0 Å². The SMILES string of the molecule is CC1CN(C(N)=NCC(=O)N2CCc3ccccc3C2)CCO1.I. The fourth-order valence-electron chi connectivity index (χ4n) is 3.08. The molecule has 1 atom stereocenters. The van der Waals surface area contributed by atoms with Gasteiger partial charge in [0.2, 0.25) is 5.91 Å². The van der Waals surface area contributed by atoms with Gasteiger partial charge in [-0.25, -0.2) is 4.99 Å². The highest BCUT2D eigenvalue weighted by Crippen LogP contribution is 2.18. The molecule has 1 fully saturated rings. The Hall–Kier alpha value is -1.35. The van der Waals surface area contributed by atoms with Crippen LogP contribution in [0, 0.1) is 0 Å². The van der Waals surface area contributed by atoms with E-state index < -0.39 is 0 Å². The number of fused-ring (bicyclic) bond motifs is 1. The van der Waals surface area contributed by atoms with Gasteiger partial charge >= 0.3 is 0 Å². The van der Waals surface area contributed by atoms with Gasteiger partial charge in [-0.3, -0.25) is 4.79 Å². The van der Waals surface area contributed by atoms with Gasteiger partial charge in [0.25, 0.3) is 0 Å². The maximum Gasteiger partial charge on any atom is 0.244 e. The van der Waals surface area contributed by atoms with Crippen LogP contribution in [0.5, 0.6) is 0 Å². The first-order valence-corrected chi connectivity index (χ1v) is 8.14. The van der Waals surface area contributed by atoms with Crippen LogP contribution >= 0.6 is 24.0 Å². The molecule has 1 amide bonds. The van der Waals surface area contributed by atoms with Gasteiger partial charge in [-0.05, 0) is 24.5 Å². The summed E-state index contributed by atoms with van der Waals surface area (Å²) in [5.74, 6) is 0.467. The Balaban J connectivity index is 0.00000208. The van der Waals surface area contributed by atoms with Crippen LogP contribution < -0.4 is 5.73 Å². The number of rotatable bonds is 2. The third kappa shape index (κ3) is 4.60. The first kappa shape index (κ1) is 19.0. The monoisotopic (exact) mass is 444 g/mol. The summed E-state index contributed by atoms with van der Waals surface area (Å²) in [6.45, 7) is 5.63. The molecule has 2 heterocycles. The van der Waals surface area contributed by atoms with E-state index in [4.69, 9.17) is 10.5 Å². The molecule has 132 valence electrons. The quantitative estimate of drug-likeness (QED) is 0.423. The molecule has 2 aliphatic heterocycles. The molecule has 0 bridgehead atoms. The molecule has 2 N–H and O–H groups in total. The fourth-order valence-corrected chi connectivity index (χ4v) is 3.08. The number of benzene rings is 1. The molecule has 1 saturated heterocycles. The third-order valence-electron chi connectivity index (χ3n) is 4.42. The second kappa shape index (κ2) is 8.66. The number of hydrogen-bond donors (Lipinski definition) is 1. The molecule has 1 aromatic carbocycles. The van der Waals surface area contributed by atoms with E-state index >= 15 is 0 Å². The van der Waals surface area contributed by atoms with Crippen LogP contribution in [0.4, 0.5) is 0 Å². The predicted octanol–water partition coefficient (Wildman–Crippen LogP) is 1.22. The number of guanidine groups is 1. The van der Waals surface area contributed by atoms with Crippen molar-refractivity contribution in [2.75, 3.05) is 32.8 Å². The van der Waals surface area contributed by atoms with Crippen molar-refractivity contribution < 1.29 is 9.53 Å². The lowest BCUT2D eigenvalue weighted by Gasteiger charge is -2.32. The molecule has 0 aliphatic carbocycles. The molecule has 0 spiro atoms. The Labute approximate surface area is 160 Å². The van der Waals surface area contributed by atoms with E-state index in [1.807, 2.05) is 28.9 Å². The lowest BCUT2D eigenvalue weighted by molar-refractivity contribution is -0.130. The number of nitrogens with zero attached hydrogens (tertiary/aromatic N) is 3. The molecule has 3 rings (SSSR count). The van der Waals surface area contributed by atoms with Crippen molar-refractivity contribution in [3.05, 3.63) is 35.4 Å². The first-order valence-electron chi connectivity index (χ1n) is 8.14. The van der Waals surface area contributed by atoms with E-state index in [2.05, 4.69) is 17.1 Å². The van der Waals surface area contributed by atoms with Crippen molar-refractivity contribution in [3.8, 4) is 0 Å². The standard InChI is InChI=1S/C17H24N4O2.HI/c1-13-11-21(8-9-23-13)17(18)19-10-16(22)20-7-6-14-4-2-3-5-15(14)12-20;/h2-5,13H,6-12H2,1H3,(H2,18,19);1H. The van der Waals surface area contributed by atoms with Crippen LogP contribution in [-0.2, 0) is 22.5 Å². The average molecular weight is 444 g/mol. The van der Waals surface area contributed by atoms with Crippen LogP contribution in [-0.4, -0.2) is 60.6 Å². The number of carbonyl (C=O) groups is 1. The number of aliphatic imine (C=N–C) groups is 1.